The Morgan fingerprint density at radius 3 is 2.25 bits per heavy atom. The topological polar surface area (TPSA) is 52.7 Å². The van der Waals surface area contributed by atoms with Crippen LogP contribution in [0.1, 0.15) is 25.0 Å². The molecule has 6 heteroatoms. The monoisotopic (exact) mass is 351 g/mol. The fraction of sp³-hybridized carbons (Fsp3) is 0.556. The Hall–Kier alpha value is -1.59. The first kappa shape index (κ1) is 18.7. The second kappa shape index (κ2) is 7.99. The van der Waals surface area contributed by atoms with Crippen LogP contribution < -0.4 is 5.32 Å². The summed E-state index contributed by atoms with van der Waals surface area (Å²) in [5, 5.41) is 3.35. The summed E-state index contributed by atoms with van der Waals surface area (Å²) in [5.74, 6) is 0.367. The van der Waals surface area contributed by atoms with Crippen molar-refractivity contribution >= 4 is 24.2 Å². The van der Waals surface area contributed by atoms with Crippen LogP contribution in [0.15, 0.2) is 24.3 Å². The number of hydrogen-bond donors (Lipinski definition) is 1. The first-order valence-corrected chi connectivity index (χ1v) is 8.44. The molecule has 2 aliphatic rings. The van der Waals surface area contributed by atoms with Crippen molar-refractivity contribution in [1.29, 1.82) is 0 Å². The number of halogens is 1. The maximum Gasteiger partial charge on any atom is 0.240 e. The van der Waals surface area contributed by atoms with Gasteiger partial charge in [0.2, 0.25) is 11.8 Å². The molecule has 0 saturated carbocycles. The number of piperazine rings is 1. The van der Waals surface area contributed by atoms with Crippen molar-refractivity contribution in [2.45, 2.75) is 32.9 Å². The summed E-state index contributed by atoms with van der Waals surface area (Å²) in [6.45, 7) is 7.15. The van der Waals surface area contributed by atoms with Crippen molar-refractivity contribution in [3.05, 3.63) is 35.4 Å². The van der Waals surface area contributed by atoms with E-state index in [1.807, 2.05) is 35.8 Å². The van der Waals surface area contributed by atoms with Gasteiger partial charge < -0.3 is 15.1 Å². The average molecular weight is 352 g/mol. The Labute approximate surface area is 149 Å². The molecule has 1 unspecified atom stereocenters. The fourth-order valence-electron chi connectivity index (χ4n) is 3.36. The van der Waals surface area contributed by atoms with Gasteiger partial charge in [-0.2, -0.15) is 0 Å². The highest BCUT2D eigenvalue weighted by atomic mass is 35.5. The number of nitrogens with zero attached hydrogens (tertiary/aromatic N) is 2. The van der Waals surface area contributed by atoms with Crippen molar-refractivity contribution in [3.63, 3.8) is 0 Å². The number of hydrogen-bond acceptors (Lipinski definition) is 3. The lowest BCUT2D eigenvalue weighted by atomic mass is 9.95. The molecule has 1 N–H and O–H groups in total. The number of rotatable bonds is 2. The minimum absolute atomic E-state index is 0. The summed E-state index contributed by atoms with van der Waals surface area (Å²) in [6.07, 6.45) is 0.750. The minimum Gasteiger partial charge on any atom is -0.339 e. The van der Waals surface area contributed by atoms with Gasteiger partial charge in [0.05, 0.1) is 6.04 Å². The van der Waals surface area contributed by atoms with E-state index in [0.717, 1.165) is 13.0 Å². The Kier molecular flexibility index (Phi) is 6.24. The van der Waals surface area contributed by atoms with Crippen LogP contribution in [0, 0.1) is 5.92 Å². The molecule has 0 aliphatic carbocycles. The summed E-state index contributed by atoms with van der Waals surface area (Å²) in [4.78, 5) is 28.5. The quantitative estimate of drug-likeness (QED) is 0.877. The van der Waals surface area contributed by atoms with E-state index in [1.54, 1.807) is 0 Å². The molecule has 132 valence electrons. The van der Waals surface area contributed by atoms with Gasteiger partial charge >= 0.3 is 0 Å². The maximum atomic E-state index is 12.7. The van der Waals surface area contributed by atoms with Crippen LogP contribution in [0.5, 0.6) is 0 Å². The fourth-order valence-corrected chi connectivity index (χ4v) is 3.36. The minimum atomic E-state index is -0.141. The van der Waals surface area contributed by atoms with E-state index < -0.39 is 0 Å². The van der Waals surface area contributed by atoms with Crippen LogP contribution >= 0.6 is 12.4 Å². The van der Waals surface area contributed by atoms with Crippen LogP contribution in [-0.2, 0) is 22.6 Å². The molecular weight excluding hydrogens is 326 g/mol. The molecule has 0 bridgehead atoms. The van der Waals surface area contributed by atoms with Crippen molar-refractivity contribution in [2.75, 3.05) is 26.2 Å². The Morgan fingerprint density at radius 1 is 1.04 bits per heavy atom. The van der Waals surface area contributed by atoms with Gasteiger partial charge in [-0.15, -0.1) is 12.4 Å². The molecule has 0 spiro atoms. The standard InChI is InChI=1S/C18H25N3O2.ClH/c1-13(2)17(22)20-7-9-21(10-8-20)18(23)16-11-14-5-3-4-6-15(14)12-19-16;/h3-6,13,16,19H,7-12H2,1-2H3;1H. The number of amides is 2. The Balaban J connectivity index is 0.00000208. The summed E-state index contributed by atoms with van der Waals surface area (Å²) < 4.78 is 0. The lowest BCUT2D eigenvalue weighted by Crippen LogP contribution is -2.56. The smallest absolute Gasteiger partial charge is 0.240 e. The van der Waals surface area contributed by atoms with E-state index in [0.29, 0.717) is 26.2 Å². The van der Waals surface area contributed by atoms with Gasteiger partial charge in [0.15, 0.2) is 0 Å². The highest BCUT2D eigenvalue weighted by Gasteiger charge is 2.31. The van der Waals surface area contributed by atoms with Gasteiger partial charge in [-0.3, -0.25) is 9.59 Å². The molecule has 2 heterocycles. The van der Waals surface area contributed by atoms with Gasteiger partial charge in [0.25, 0.3) is 0 Å². The number of nitrogens with one attached hydrogen (secondary N) is 1. The largest absolute Gasteiger partial charge is 0.339 e. The van der Waals surface area contributed by atoms with Crippen LogP contribution in [0.25, 0.3) is 0 Å². The van der Waals surface area contributed by atoms with Crippen molar-refractivity contribution in [2.24, 2.45) is 5.92 Å². The molecule has 0 aromatic heterocycles. The van der Waals surface area contributed by atoms with Crippen molar-refractivity contribution in [1.82, 2.24) is 15.1 Å². The van der Waals surface area contributed by atoms with E-state index in [4.69, 9.17) is 0 Å². The third-order valence-corrected chi connectivity index (χ3v) is 4.78. The van der Waals surface area contributed by atoms with E-state index in [-0.39, 0.29) is 36.2 Å². The predicted octanol–water partition coefficient (Wildman–Crippen LogP) is 1.45. The molecule has 0 radical (unpaired) electrons. The van der Waals surface area contributed by atoms with E-state index in [9.17, 15) is 9.59 Å². The molecule has 2 aliphatic heterocycles. The summed E-state index contributed by atoms with van der Waals surface area (Å²) >= 11 is 0. The SMILES string of the molecule is CC(C)C(=O)N1CCN(C(=O)C2Cc3ccccc3CN2)CC1.Cl. The molecule has 3 rings (SSSR count). The summed E-state index contributed by atoms with van der Waals surface area (Å²) in [7, 11) is 0. The number of carbonyl (C=O) groups excluding carboxylic acids is 2. The zero-order valence-corrected chi connectivity index (χ0v) is 15.1. The first-order valence-electron chi connectivity index (χ1n) is 8.44. The summed E-state index contributed by atoms with van der Waals surface area (Å²) in [5.41, 5.74) is 2.54. The van der Waals surface area contributed by atoms with Crippen molar-refractivity contribution in [3.8, 4) is 0 Å². The summed E-state index contributed by atoms with van der Waals surface area (Å²) in [6, 6.07) is 8.14. The van der Waals surface area contributed by atoms with Gasteiger partial charge in [-0.25, -0.2) is 0 Å². The normalized spacial score (nSPS) is 20.4. The zero-order valence-electron chi connectivity index (χ0n) is 14.3. The molecule has 1 aromatic rings. The average Bonchev–Trinajstić information content (AvgIpc) is 2.60. The maximum absolute atomic E-state index is 12.7. The van der Waals surface area contributed by atoms with Crippen LogP contribution in [0.4, 0.5) is 0 Å². The molecule has 2 amide bonds. The molecule has 1 saturated heterocycles. The van der Waals surface area contributed by atoms with Crippen LogP contribution in [0.3, 0.4) is 0 Å². The van der Waals surface area contributed by atoms with E-state index >= 15 is 0 Å². The van der Waals surface area contributed by atoms with Gasteiger partial charge in [0.1, 0.15) is 0 Å². The Morgan fingerprint density at radius 2 is 1.62 bits per heavy atom. The highest BCUT2D eigenvalue weighted by molar-refractivity contribution is 5.85. The lowest BCUT2D eigenvalue weighted by Gasteiger charge is -2.38. The highest BCUT2D eigenvalue weighted by Crippen LogP contribution is 2.18. The Bertz CT molecular complexity index is 598. The zero-order chi connectivity index (χ0) is 16.4. The van der Waals surface area contributed by atoms with Gasteiger partial charge in [-0.05, 0) is 17.5 Å². The van der Waals surface area contributed by atoms with E-state index in [2.05, 4.69) is 17.4 Å². The molecule has 5 nitrogen and oxygen atoms in total. The van der Waals surface area contributed by atoms with Crippen molar-refractivity contribution < 1.29 is 9.59 Å². The first-order chi connectivity index (χ1) is 11.1. The molecular formula is C18H26ClN3O2. The van der Waals surface area contributed by atoms with Gasteiger partial charge in [-0.1, -0.05) is 38.1 Å². The molecule has 1 fully saturated rings. The molecule has 1 atom stereocenters. The van der Waals surface area contributed by atoms with Crippen LogP contribution in [-0.4, -0.2) is 53.8 Å². The number of fused-ring (bicyclic) bond motifs is 1. The third-order valence-electron chi connectivity index (χ3n) is 4.78. The molecule has 1 aromatic carbocycles. The predicted molar refractivity (Wildman–Crippen MR) is 96.0 cm³/mol. The lowest BCUT2D eigenvalue weighted by molar-refractivity contribution is -0.142. The van der Waals surface area contributed by atoms with Crippen LogP contribution in [0.2, 0.25) is 0 Å². The van der Waals surface area contributed by atoms with E-state index in [1.165, 1.54) is 11.1 Å². The number of benzene rings is 1. The number of carbonyl (C=O) groups is 2. The second-order valence-corrected chi connectivity index (χ2v) is 6.71. The second-order valence-electron chi connectivity index (χ2n) is 6.71. The third kappa shape index (κ3) is 3.90. The van der Waals surface area contributed by atoms with Gasteiger partial charge in [0, 0.05) is 38.6 Å². The molecule has 24 heavy (non-hydrogen) atoms.